The molecule has 5 rings (SSSR count). The first-order valence-corrected chi connectivity index (χ1v) is 11.9. The van der Waals surface area contributed by atoms with Crippen LogP contribution < -0.4 is 0 Å². The molecule has 0 radical (unpaired) electrons. The van der Waals surface area contributed by atoms with Crippen molar-refractivity contribution in [3.63, 3.8) is 0 Å². The summed E-state index contributed by atoms with van der Waals surface area (Å²) < 4.78 is 41.3. The normalized spacial score (nSPS) is 20.4. The summed E-state index contributed by atoms with van der Waals surface area (Å²) >= 11 is 15.5. The molecule has 4 aliphatic rings. The van der Waals surface area contributed by atoms with Crippen molar-refractivity contribution in [1.29, 1.82) is 0 Å². The number of fused-ring (bicyclic) bond motifs is 3. The Morgan fingerprint density at radius 3 is 2.55 bits per heavy atom. The maximum absolute atomic E-state index is 13.8. The predicted molar refractivity (Wildman–Crippen MR) is 126 cm³/mol. The van der Waals surface area contributed by atoms with Gasteiger partial charge in [0.25, 0.3) is 0 Å². The van der Waals surface area contributed by atoms with Crippen molar-refractivity contribution in [2.45, 2.75) is 19.0 Å². The van der Waals surface area contributed by atoms with Crippen molar-refractivity contribution in [3.05, 3.63) is 101 Å². The highest BCUT2D eigenvalue weighted by Crippen LogP contribution is 2.52. The quantitative estimate of drug-likeness (QED) is 0.409. The van der Waals surface area contributed by atoms with Gasteiger partial charge in [0.2, 0.25) is 0 Å². The van der Waals surface area contributed by atoms with Crippen LogP contribution in [-0.4, -0.2) is 17.8 Å². The van der Waals surface area contributed by atoms with Gasteiger partial charge >= 0.3 is 6.18 Å². The molecule has 0 saturated carbocycles. The maximum Gasteiger partial charge on any atom is 0.416 e. The predicted octanol–water partition coefficient (Wildman–Crippen LogP) is 8.21. The van der Waals surface area contributed by atoms with E-state index in [-0.39, 0.29) is 6.54 Å². The summed E-state index contributed by atoms with van der Waals surface area (Å²) in [5, 5.41) is 3.81. The molecule has 1 aromatic rings. The minimum Gasteiger partial charge on any atom is -0.277 e. The van der Waals surface area contributed by atoms with E-state index in [4.69, 9.17) is 23.2 Å². The summed E-state index contributed by atoms with van der Waals surface area (Å²) in [6.07, 6.45) is 3.09. The summed E-state index contributed by atoms with van der Waals surface area (Å²) in [4.78, 5) is 6.34. The molecule has 2 heterocycles. The molecule has 0 fully saturated rings. The first-order valence-electron chi connectivity index (χ1n) is 9.45. The van der Waals surface area contributed by atoms with Crippen molar-refractivity contribution in [1.82, 2.24) is 0 Å². The molecule has 31 heavy (non-hydrogen) atoms. The lowest BCUT2D eigenvalue weighted by atomic mass is 10.1. The Morgan fingerprint density at radius 1 is 1.03 bits per heavy atom. The molecule has 1 nitrogen and oxygen atoms in total. The van der Waals surface area contributed by atoms with Crippen LogP contribution in [0.15, 0.2) is 90.6 Å². The average molecular weight is 496 g/mol. The van der Waals surface area contributed by atoms with Crippen molar-refractivity contribution < 1.29 is 13.2 Å². The fourth-order valence-electron chi connectivity index (χ4n) is 3.89. The maximum atomic E-state index is 13.8. The number of allylic oxidation sites excluding steroid dienone is 8. The fraction of sp³-hybridized carbons (Fsp3) is 0.174. The number of hydrogen-bond donors (Lipinski definition) is 0. The lowest BCUT2D eigenvalue weighted by Gasteiger charge is -2.21. The molecule has 0 amide bonds. The molecule has 0 N–H and O–H groups in total. The SMILES string of the molecule is FC(F)(F)C1=CC2=C3SC=CC=C3CC2=C2SC(Cc3c(Cl)cccc3Cl)=NCC2=C1. The van der Waals surface area contributed by atoms with Gasteiger partial charge in [-0.05, 0) is 57.5 Å². The number of halogens is 5. The van der Waals surface area contributed by atoms with Gasteiger partial charge in [-0.1, -0.05) is 64.9 Å². The third-order valence-corrected chi connectivity index (χ3v) is 8.29. The van der Waals surface area contributed by atoms with E-state index in [1.807, 2.05) is 17.6 Å². The van der Waals surface area contributed by atoms with Gasteiger partial charge in [0.05, 0.1) is 17.2 Å². The molecule has 2 aliphatic heterocycles. The van der Waals surface area contributed by atoms with Crippen LogP contribution in [0.4, 0.5) is 13.2 Å². The number of hydrogen-bond acceptors (Lipinski definition) is 3. The minimum atomic E-state index is -4.43. The van der Waals surface area contributed by atoms with Crippen LogP contribution in [0.25, 0.3) is 0 Å². The minimum absolute atomic E-state index is 0.198. The first-order chi connectivity index (χ1) is 14.8. The molecule has 8 heteroatoms. The van der Waals surface area contributed by atoms with Crippen LogP contribution >= 0.6 is 46.7 Å². The monoisotopic (exact) mass is 495 g/mol. The molecule has 2 aliphatic carbocycles. The van der Waals surface area contributed by atoms with E-state index in [1.54, 1.807) is 18.2 Å². The van der Waals surface area contributed by atoms with Crippen LogP contribution in [0.3, 0.4) is 0 Å². The Hall–Kier alpha value is -1.60. The molecule has 158 valence electrons. The highest BCUT2D eigenvalue weighted by molar-refractivity contribution is 8.17. The summed E-state index contributed by atoms with van der Waals surface area (Å²) in [7, 11) is 0. The Labute approximate surface area is 196 Å². The zero-order valence-corrected chi connectivity index (χ0v) is 19.0. The molecule has 0 saturated heterocycles. The largest absolute Gasteiger partial charge is 0.416 e. The van der Waals surface area contributed by atoms with Gasteiger partial charge in [-0.25, -0.2) is 0 Å². The number of rotatable bonds is 2. The van der Waals surface area contributed by atoms with Gasteiger partial charge in [0.1, 0.15) is 0 Å². The van der Waals surface area contributed by atoms with Gasteiger partial charge in [-0.2, -0.15) is 13.2 Å². The van der Waals surface area contributed by atoms with Crippen molar-refractivity contribution in [2.75, 3.05) is 6.54 Å². The van der Waals surface area contributed by atoms with Crippen LogP contribution in [0.1, 0.15) is 12.0 Å². The molecular formula is C23H14Cl2F3NS2. The van der Waals surface area contributed by atoms with Crippen LogP contribution in [0, 0.1) is 0 Å². The Morgan fingerprint density at radius 2 is 1.81 bits per heavy atom. The van der Waals surface area contributed by atoms with E-state index in [2.05, 4.69) is 4.99 Å². The summed E-state index contributed by atoms with van der Waals surface area (Å²) in [5.74, 6) is 0. The Balaban J connectivity index is 1.59. The lowest BCUT2D eigenvalue weighted by Crippen LogP contribution is -2.13. The molecule has 0 spiro atoms. The van der Waals surface area contributed by atoms with Crippen LogP contribution in [-0.2, 0) is 6.42 Å². The standard InChI is InChI=1S/C23H14Cl2F3NS2/c24-18-4-1-5-19(25)17(18)10-20-29-11-13-7-14(23(26,27)28)9-16-15(22(13)31-20)8-12-3-2-6-30-21(12)16/h1-7,9H,8,10-11H2. The highest BCUT2D eigenvalue weighted by Gasteiger charge is 2.38. The molecule has 0 unspecified atom stereocenters. The van der Waals surface area contributed by atoms with Gasteiger partial charge in [-0.15, -0.1) is 0 Å². The van der Waals surface area contributed by atoms with Gasteiger partial charge in [0, 0.05) is 32.7 Å². The zero-order valence-electron chi connectivity index (χ0n) is 15.9. The van der Waals surface area contributed by atoms with E-state index < -0.39 is 11.7 Å². The molecule has 0 atom stereocenters. The fourth-order valence-corrected chi connectivity index (χ4v) is 6.45. The summed E-state index contributed by atoms with van der Waals surface area (Å²) in [6.45, 7) is 0.198. The second-order valence-corrected chi connectivity index (χ2v) is 10.1. The van der Waals surface area contributed by atoms with Gasteiger partial charge in [-0.3, -0.25) is 4.99 Å². The van der Waals surface area contributed by atoms with Crippen LogP contribution in [0.2, 0.25) is 10.0 Å². The first kappa shape index (κ1) is 21.3. The van der Waals surface area contributed by atoms with Crippen LogP contribution in [0.5, 0.6) is 0 Å². The lowest BCUT2D eigenvalue weighted by molar-refractivity contribution is -0.0882. The van der Waals surface area contributed by atoms with Crippen molar-refractivity contribution in [2.24, 2.45) is 4.99 Å². The third kappa shape index (κ3) is 3.99. The van der Waals surface area contributed by atoms with E-state index in [0.29, 0.717) is 34.0 Å². The summed E-state index contributed by atoms with van der Waals surface area (Å²) in [5.41, 5.74) is 3.40. The highest BCUT2D eigenvalue weighted by atomic mass is 35.5. The Kier molecular flexibility index (Phi) is 5.53. The third-order valence-electron chi connectivity index (χ3n) is 5.35. The number of nitrogens with zero attached hydrogens (tertiary/aromatic N) is 1. The number of aliphatic imine (C=N–C) groups is 1. The van der Waals surface area contributed by atoms with Crippen molar-refractivity contribution in [3.8, 4) is 0 Å². The smallest absolute Gasteiger partial charge is 0.277 e. The summed E-state index contributed by atoms with van der Waals surface area (Å²) in [6, 6.07) is 5.33. The van der Waals surface area contributed by atoms with Gasteiger partial charge in [0.15, 0.2) is 0 Å². The number of benzene rings is 1. The van der Waals surface area contributed by atoms with E-state index >= 15 is 0 Å². The van der Waals surface area contributed by atoms with E-state index in [1.165, 1.54) is 35.7 Å². The van der Waals surface area contributed by atoms with Gasteiger partial charge < -0.3 is 0 Å². The molecule has 0 aromatic heterocycles. The van der Waals surface area contributed by atoms with E-state index in [0.717, 1.165) is 31.6 Å². The average Bonchev–Trinajstić information content (AvgIpc) is 3.00. The number of thioether (sulfide) groups is 2. The molecular weight excluding hydrogens is 482 g/mol. The number of alkyl halides is 3. The topological polar surface area (TPSA) is 12.4 Å². The zero-order chi connectivity index (χ0) is 21.8. The molecule has 1 aromatic carbocycles. The molecule has 0 bridgehead atoms. The second kappa shape index (κ2) is 8.07. The van der Waals surface area contributed by atoms with Crippen molar-refractivity contribution >= 4 is 51.8 Å². The van der Waals surface area contributed by atoms with E-state index in [9.17, 15) is 13.2 Å². The second-order valence-electron chi connectivity index (χ2n) is 7.32. The Bertz CT molecular complexity index is 1190.